The molecule has 234 valence electrons. The second-order valence-corrected chi connectivity index (χ2v) is 10.8. The zero-order chi connectivity index (χ0) is 33.2. The fourth-order valence-corrected chi connectivity index (χ4v) is 4.82. The first-order valence-electron chi connectivity index (χ1n) is 13.4. The Kier molecular flexibility index (Phi) is 8.65. The van der Waals surface area contributed by atoms with E-state index in [9.17, 15) is 39.6 Å². The highest BCUT2D eigenvalue weighted by Gasteiger charge is 2.37. The second kappa shape index (κ2) is 12.2. The number of nitrogens with one attached hydrogen (secondary N) is 3. The van der Waals surface area contributed by atoms with Gasteiger partial charge in [0.15, 0.2) is 0 Å². The molecule has 3 amide bonds. The van der Waals surface area contributed by atoms with Gasteiger partial charge in [-0.25, -0.2) is 9.78 Å². The van der Waals surface area contributed by atoms with Gasteiger partial charge in [-0.2, -0.15) is 0 Å². The molecule has 15 heteroatoms. The lowest BCUT2D eigenvalue weighted by Gasteiger charge is -2.31. The molecular weight excluding hydrogens is 586 g/mol. The quantitative estimate of drug-likeness (QED) is 0.0872. The minimum atomic E-state index is -1.56. The number of imidazole rings is 1. The van der Waals surface area contributed by atoms with Gasteiger partial charge < -0.3 is 47.1 Å². The van der Waals surface area contributed by atoms with Crippen LogP contribution in [0.15, 0.2) is 48.5 Å². The van der Waals surface area contributed by atoms with Crippen LogP contribution in [-0.4, -0.2) is 78.1 Å². The number of hydrogen-bond acceptors (Lipinski definition) is 8. The van der Waals surface area contributed by atoms with Gasteiger partial charge in [-0.05, 0) is 67.4 Å². The van der Waals surface area contributed by atoms with Crippen LogP contribution in [0, 0.1) is 5.41 Å². The number of H-pyrrole nitrogens is 1. The standard InChI is InChI=1S/C30H31N7O8/c1-30(2,28(44)37(12-23(39)40)13-24(41)42)16-9-18(17-7-14(3-6-22(17)38)11-34-29(33)45)25(43)19(10-16)27-35-20-5-4-15(26(31)32)8-21(20)36-27/h3-10,38,43H,11-13H2,1-2H3,(H3,31,32)(H,35,36)(H,39,40)(H,41,42)(H3,33,34,45). The van der Waals surface area contributed by atoms with Crippen molar-refractivity contribution in [1.82, 2.24) is 20.2 Å². The SMILES string of the molecule is CC(C)(C(=O)N(CC(=O)O)CC(=O)O)c1cc(-c2nc3cc(C(=N)N)ccc3[nH]2)c(O)c(-c2cc(CNC(N)=O)ccc2O)c1. The molecule has 0 saturated carbocycles. The van der Waals surface area contributed by atoms with Crippen LogP contribution in [0.1, 0.15) is 30.5 Å². The normalized spacial score (nSPS) is 11.2. The Balaban J connectivity index is 1.96. The van der Waals surface area contributed by atoms with Crippen molar-refractivity contribution in [2.45, 2.75) is 25.8 Å². The molecule has 45 heavy (non-hydrogen) atoms. The monoisotopic (exact) mass is 617 g/mol. The van der Waals surface area contributed by atoms with Crippen LogP contribution in [0.25, 0.3) is 33.5 Å². The third-order valence-electron chi connectivity index (χ3n) is 7.17. The summed E-state index contributed by atoms with van der Waals surface area (Å²) in [5.74, 6) is -4.28. The number of carbonyl (C=O) groups excluding carboxylic acids is 2. The van der Waals surface area contributed by atoms with E-state index in [4.69, 9.17) is 16.9 Å². The van der Waals surface area contributed by atoms with Gasteiger partial charge in [-0.1, -0.05) is 6.07 Å². The van der Waals surface area contributed by atoms with E-state index in [2.05, 4.69) is 15.3 Å². The third kappa shape index (κ3) is 6.77. The molecule has 0 fully saturated rings. The fraction of sp³-hybridized carbons (Fsp3) is 0.200. The predicted molar refractivity (Wildman–Crippen MR) is 163 cm³/mol. The topological polar surface area (TPSA) is 269 Å². The van der Waals surface area contributed by atoms with Gasteiger partial charge in [0, 0.05) is 23.2 Å². The number of primary amides is 1. The van der Waals surface area contributed by atoms with Gasteiger partial charge in [-0.15, -0.1) is 0 Å². The van der Waals surface area contributed by atoms with Crippen LogP contribution in [0.3, 0.4) is 0 Å². The Bertz CT molecular complexity index is 1850. The molecule has 0 aliphatic heterocycles. The smallest absolute Gasteiger partial charge is 0.323 e. The van der Waals surface area contributed by atoms with E-state index in [0.717, 1.165) is 0 Å². The molecule has 4 aromatic rings. The number of aromatic hydroxyl groups is 2. The number of hydrogen-bond donors (Lipinski definition) is 9. The summed E-state index contributed by atoms with van der Waals surface area (Å²) >= 11 is 0. The van der Waals surface area contributed by atoms with Crippen molar-refractivity contribution in [1.29, 1.82) is 5.41 Å². The van der Waals surface area contributed by atoms with E-state index >= 15 is 0 Å². The second-order valence-electron chi connectivity index (χ2n) is 10.8. The number of nitrogen functional groups attached to an aromatic ring is 1. The lowest BCUT2D eigenvalue weighted by molar-refractivity contribution is -0.151. The molecule has 1 heterocycles. The predicted octanol–water partition coefficient (Wildman–Crippen LogP) is 2.04. The van der Waals surface area contributed by atoms with E-state index < -0.39 is 42.4 Å². The Morgan fingerprint density at radius 3 is 2.18 bits per heavy atom. The lowest BCUT2D eigenvalue weighted by atomic mass is 9.80. The van der Waals surface area contributed by atoms with E-state index in [1.54, 1.807) is 18.2 Å². The maximum Gasteiger partial charge on any atom is 0.323 e. The van der Waals surface area contributed by atoms with E-state index in [1.807, 2.05) is 0 Å². The maximum absolute atomic E-state index is 13.7. The summed E-state index contributed by atoms with van der Waals surface area (Å²) in [4.78, 5) is 56.3. The number of rotatable bonds is 11. The van der Waals surface area contributed by atoms with Crippen molar-refractivity contribution in [3.8, 4) is 34.0 Å². The minimum Gasteiger partial charge on any atom is -0.507 e. The average Bonchev–Trinajstić information content (AvgIpc) is 3.39. The molecule has 0 aliphatic carbocycles. The number of nitrogens with two attached hydrogens (primary N) is 2. The number of benzene rings is 3. The zero-order valence-electron chi connectivity index (χ0n) is 24.2. The number of urea groups is 1. The minimum absolute atomic E-state index is 0.00128. The van der Waals surface area contributed by atoms with Gasteiger partial charge >= 0.3 is 18.0 Å². The number of carboxylic acid groups (broad SMARTS) is 2. The molecule has 3 aromatic carbocycles. The van der Waals surface area contributed by atoms with Crippen LogP contribution in [0.2, 0.25) is 0 Å². The first-order valence-corrected chi connectivity index (χ1v) is 13.4. The Hall–Kier alpha value is -6.12. The van der Waals surface area contributed by atoms with Crippen molar-refractivity contribution in [3.63, 3.8) is 0 Å². The molecule has 0 saturated heterocycles. The zero-order valence-corrected chi connectivity index (χ0v) is 24.2. The number of phenols is 2. The maximum atomic E-state index is 13.7. The molecule has 0 aliphatic rings. The number of nitrogens with zero attached hydrogens (tertiary/aromatic N) is 2. The Morgan fingerprint density at radius 1 is 0.933 bits per heavy atom. The largest absolute Gasteiger partial charge is 0.507 e. The van der Waals surface area contributed by atoms with Crippen molar-refractivity contribution in [2.24, 2.45) is 11.5 Å². The summed E-state index contributed by atoms with van der Waals surface area (Å²) in [7, 11) is 0. The lowest BCUT2D eigenvalue weighted by Crippen LogP contribution is -2.47. The van der Waals surface area contributed by atoms with Crippen LogP contribution in [0.4, 0.5) is 4.79 Å². The van der Waals surface area contributed by atoms with Crippen LogP contribution in [0.5, 0.6) is 11.5 Å². The molecule has 11 N–H and O–H groups in total. The van der Waals surface area contributed by atoms with Gasteiger partial charge in [0.1, 0.15) is 36.2 Å². The van der Waals surface area contributed by atoms with E-state index in [-0.39, 0.29) is 52.0 Å². The van der Waals surface area contributed by atoms with Crippen LogP contribution in [-0.2, 0) is 26.3 Å². The summed E-state index contributed by atoms with van der Waals surface area (Å²) < 4.78 is 0. The molecule has 0 bridgehead atoms. The Morgan fingerprint density at radius 2 is 1.58 bits per heavy atom. The van der Waals surface area contributed by atoms with E-state index in [1.165, 1.54) is 44.2 Å². The van der Waals surface area contributed by atoms with Crippen LogP contribution < -0.4 is 16.8 Å². The highest BCUT2D eigenvalue weighted by atomic mass is 16.4. The Labute approximate surface area is 255 Å². The third-order valence-corrected chi connectivity index (χ3v) is 7.17. The summed E-state index contributed by atoms with van der Waals surface area (Å²) in [6.07, 6.45) is 0. The van der Waals surface area contributed by atoms with Gasteiger partial charge in [-0.3, -0.25) is 19.8 Å². The van der Waals surface area contributed by atoms with Gasteiger partial charge in [0.2, 0.25) is 5.91 Å². The number of amides is 3. The number of aromatic amines is 1. The highest BCUT2D eigenvalue weighted by molar-refractivity contribution is 5.99. The number of aliphatic carboxylic acids is 2. The molecular formula is C30H31N7O8. The molecule has 4 rings (SSSR count). The van der Waals surface area contributed by atoms with Crippen molar-refractivity contribution < 1.29 is 39.6 Å². The number of carboxylic acids is 2. The highest BCUT2D eigenvalue weighted by Crippen LogP contribution is 2.44. The van der Waals surface area contributed by atoms with Crippen molar-refractivity contribution in [2.75, 3.05) is 13.1 Å². The molecule has 0 atom stereocenters. The van der Waals surface area contributed by atoms with Crippen molar-refractivity contribution in [3.05, 3.63) is 65.2 Å². The average molecular weight is 618 g/mol. The first-order chi connectivity index (χ1) is 21.1. The molecule has 1 aromatic heterocycles. The summed E-state index contributed by atoms with van der Waals surface area (Å²) in [5, 5.41) is 51.3. The summed E-state index contributed by atoms with van der Waals surface area (Å²) in [6.45, 7) is 1.20. The molecule has 0 unspecified atom stereocenters. The van der Waals surface area contributed by atoms with Crippen molar-refractivity contribution >= 4 is 40.7 Å². The molecule has 0 radical (unpaired) electrons. The van der Waals surface area contributed by atoms with Gasteiger partial charge in [0.25, 0.3) is 0 Å². The summed E-state index contributed by atoms with van der Waals surface area (Å²) in [5.41, 5.74) is 11.6. The first kappa shape index (κ1) is 31.8. The van der Waals surface area contributed by atoms with E-state index in [0.29, 0.717) is 27.1 Å². The number of aromatic nitrogens is 2. The molecule has 15 nitrogen and oxygen atoms in total. The molecule has 0 spiro atoms. The number of phenolic OH excluding ortho intramolecular Hbond substituents is 2. The van der Waals surface area contributed by atoms with Gasteiger partial charge in [0.05, 0.1) is 22.0 Å². The number of amidine groups is 1. The fourth-order valence-electron chi connectivity index (χ4n) is 4.82. The number of carbonyl (C=O) groups is 4. The van der Waals surface area contributed by atoms with Crippen LogP contribution >= 0.6 is 0 Å². The summed E-state index contributed by atoms with van der Waals surface area (Å²) in [6, 6.07) is 11.3. The number of fused-ring (bicyclic) bond motifs is 1.